The lowest BCUT2D eigenvalue weighted by Gasteiger charge is -2.24. The topological polar surface area (TPSA) is 61.4 Å². The van der Waals surface area contributed by atoms with Gasteiger partial charge in [0.15, 0.2) is 0 Å². The average molecular weight is 448 g/mol. The van der Waals surface area contributed by atoms with Crippen LogP contribution in [0, 0.1) is 5.82 Å². The van der Waals surface area contributed by atoms with Gasteiger partial charge in [-0.05, 0) is 54.7 Å². The van der Waals surface area contributed by atoms with Gasteiger partial charge in [-0.3, -0.25) is 4.79 Å². The van der Waals surface area contributed by atoms with Crippen LogP contribution in [0.4, 0.5) is 20.6 Å². The highest BCUT2D eigenvalue weighted by Gasteiger charge is 2.34. The largest absolute Gasteiger partial charge is 0.322 e. The molecule has 2 aromatic rings. The average Bonchev–Trinajstić information content (AvgIpc) is 3.14. The Hall–Kier alpha value is -2.41. The number of benzene rings is 2. The molecule has 0 saturated carbocycles. The molecule has 3 amide bonds. The molecule has 1 heterocycles. The molecule has 28 heavy (non-hydrogen) atoms. The Morgan fingerprint density at radius 1 is 1.14 bits per heavy atom. The molecule has 5 nitrogen and oxygen atoms in total. The number of urea groups is 1. The fourth-order valence-corrected chi connectivity index (χ4v) is 3.57. The summed E-state index contributed by atoms with van der Waals surface area (Å²) in [6.07, 6.45) is 1.27. The van der Waals surface area contributed by atoms with Crippen molar-refractivity contribution in [2.24, 2.45) is 0 Å². The summed E-state index contributed by atoms with van der Waals surface area (Å²) < 4.78 is 14.6. The van der Waals surface area contributed by atoms with Crippen LogP contribution < -0.4 is 10.6 Å². The summed E-state index contributed by atoms with van der Waals surface area (Å²) in [5.41, 5.74) is 1.97. The molecule has 7 heteroatoms. The minimum atomic E-state index is -0.627. The summed E-state index contributed by atoms with van der Waals surface area (Å²) in [4.78, 5) is 26.8. The van der Waals surface area contributed by atoms with Crippen molar-refractivity contribution >= 4 is 39.2 Å². The third kappa shape index (κ3) is 4.70. The first-order valence-electron chi connectivity index (χ1n) is 9.28. The number of hydrogen-bond acceptors (Lipinski definition) is 2. The second-order valence-corrected chi connectivity index (χ2v) is 8.09. The highest BCUT2D eigenvalue weighted by Crippen LogP contribution is 2.24. The van der Waals surface area contributed by atoms with Gasteiger partial charge in [-0.2, -0.15) is 0 Å². The van der Waals surface area contributed by atoms with E-state index in [1.54, 1.807) is 6.07 Å². The van der Waals surface area contributed by atoms with Crippen molar-refractivity contribution in [3.63, 3.8) is 0 Å². The number of carbonyl (C=O) groups is 2. The molecular formula is C21H23BrFN3O2. The van der Waals surface area contributed by atoms with Gasteiger partial charge < -0.3 is 15.5 Å². The minimum absolute atomic E-state index is 0.102. The van der Waals surface area contributed by atoms with E-state index in [-0.39, 0.29) is 17.6 Å². The number of nitrogens with one attached hydrogen (secondary N) is 2. The quantitative estimate of drug-likeness (QED) is 0.663. The van der Waals surface area contributed by atoms with Crippen molar-refractivity contribution in [1.29, 1.82) is 0 Å². The van der Waals surface area contributed by atoms with Crippen LogP contribution in [0.5, 0.6) is 0 Å². The van der Waals surface area contributed by atoms with E-state index in [1.165, 1.54) is 22.6 Å². The summed E-state index contributed by atoms with van der Waals surface area (Å²) in [6, 6.07) is 11.1. The molecular weight excluding hydrogens is 425 g/mol. The van der Waals surface area contributed by atoms with E-state index < -0.39 is 11.9 Å². The smallest absolute Gasteiger partial charge is 0.322 e. The summed E-state index contributed by atoms with van der Waals surface area (Å²) in [5.74, 6) is -0.499. The molecule has 2 aromatic carbocycles. The molecule has 0 spiro atoms. The number of halogens is 2. The fourth-order valence-electron chi connectivity index (χ4n) is 3.24. The molecule has 2 N–H and O–H groups in total. The number of rotatable bonds is 4. The van der Waals surface area contributed by atoms with Gasteiger partial charge in [0.1, 0.15) is 11.9 Å². The standard InChI is InChI=1S/C21H23BrFN3O2/c1-13(2)14-5-8-16(9-6-14)24-21(28)26-11-3-4-19(26)20(27)25-18-10-7-15(22)12-17(18)23/h5-10,12-13,19H,3-4,11H2,1-2H3,(H,24,28)(H,25,27). The first kappa shape index (κ1) is 20.3. The summed E-state index contributed by atoms with van der Waals surface area (Å²) in [6.45, 7) is 4.70. The lowest BCUT2D eigenvalue weighted by atomic mass is 10.0. The van der Waals surface area contributed by atoms with Crippen molar-refractivity contribution in [3.05, 3.63) is 58.3 Å². The predicted molar refractivity (Wildman–Crippen MR) is 112 cm³/mol. The van der Waals surface area contributed by atoms with Crippen LogP contribution in [0.3, 0.4) is 0 Å². The lowest BCUT2D eigenvalue weighted by Crippen LogP contribution is -2.45. The van der Waals surface area contributed by atoms with Crippen LogP contribution >= 0.6 is 15.9 Å². The zero-order chi connectivity index (χ0) is 20.3. The number of anilines is 2. The van der Waals surface area contributed by atoms with Gasteiger partial charge >= 0.3 is 6.03 Å². The van der Waals surface area contributed by atoms with Gasteiger partial charge in [-0.15, -0.1) is 0 Å². The molecule has 3 rings (SSSR count). The van der Waals surface area contributed by atoms with E-state index in [4.69, 9.17) is 0 Å². The highest BCUT2D eigenvalue weighted by molar-refractivity contribution is 9.10. The van der Waals surface area contributed by atoms with Crippen LogP contribution in [0.15, 0.2) is 46.9 Å². The third-order valence-corrected chi connectivity index (χ3v) is 5.33. The van der Waals surface area contributed by atoms with E-state index >= 15 is 0 Å². The first-order chi connectivity index (χ1) is 13.3. The molecule has 1 atom stereocenters. The lowest BCUT2D eigenvalue weighted by molar-refractivity contribution is -0.119. The first-order valence-corrected chi connectivity index (χ1v) is 10.1. The second kappa shape index (κ2) is 8.73. The number of amides is 3. The molecule has 1 aliphatic rings. The zero-order valence-electron chi connectivity index (χ0n) is 15.8. The predicted octanol–water partition coefficient (Wildman–Crippen LogP) is 5.35. The van der Waals surface area contributed by atoms with E-state index in [1.807, 2.05) is 24.3 Å². The Kier molecular flexibility index (Phi) is 6.34. The molecule has 0 aliphatic carbocycles. The van der Waals surface area contributed by atoms with Crippen LogP contribution in [0.25, 0.3) is 0 Å². The van der Waals surface area contributed by atoms with Crippen molar-refractivity contribution in [3.8, 4) is 0 Å². The third-order valence-electron chi connectivity index (χ3n) is 4.83. The molecule has 1 unspecified atom stereocenters. The molecule has 0 aromatic heterocycles. The van der Waals surface area contributed by atoms with Gasteiger partial charge in [-0.1, -0.05) is 41.9 Å². The maximum Gasteiger partial charge on any atom is 0.322 e. The number of carbonyl (C=O) groups excluding carboxylic acids is 2. The van der Waals surface area contributed by atoms with E-state index in [0.29, 0.717) is 29.0 Å². The SMILES string of the molecule is CC(C)c1ccc(NC(=O)N2CCCC2C(=O)Nc2ccc(Br)cc2F)cc1. The van der Waals surface area contributed by atoms with E-state index in [0.717, 1.165) is 6.42 Å². The number of likely N-dealkylation sites (tertiary alicyclic amines) is 1. The summed E-state index contributed by atoms with van der Waals surface area (Å²) >= 11 is 3.19. The molecule has 1 aliphatic heterocycles. The highest BCUT2D eigenvalue weighted by atomic mass is 79.9. The van der Waals surface area contributed by atoms with E-state index in [2.05, 4.69) is 40.4 Å². The molecule has 1 fully saturated rings. The van der Waals surface area contributed by atoms with Crippen LogP contribution in [0.1, 0.15) is 38.2 Å². The number of nitrogens with zero attached hydrogens (tertiary/aromatic N) is 1. The summed E-state index contributed by atoms with van der Waals surface area (Å²) in [7, 11) is 0. The van der Waals surface area contributed by atoms with Crippen LogP contribution in [-0.4, -0.2) is 29.4 Å². The Morgan fingerprint density at radius 2 is 1.86 bits per heavy atom. The fraction of sp³-hybridized carbons (Fsp3) is 0.333. The Morgan fingerprint density at radius 3 is 2.50 bits per heavy atom. The second-order valence-electron chi connectivity index (χ2n) is 7.17. The van der Waals surface area contributed by atoms with Crippen molar-refractivity contribution < 1.29 is 14.0 Å². The van der Waals surface area contributed by atoms with Crippen LogP contribution in [-0.2, 0) is 4.79 Å². The molecule has 0 radical (unpaired) electrons. The monoisotopic (exact) mass is 447 g/mol. The van der Waals surface area contributed by atoms with Gasteiger partial charge in [0.2, 0.25) is 5.91 Å². The summed E-state index contributed by atoms with van der Waals surface area (Å²) in [5, 5.41) is 5.44. The van der Waals surface area contributed by atoms with Gasteiger partial charge in [0, 0.05) is 16.7 Å². The Bertz CT molecular complexity index is 870. The maximum atomic E-state index is 14.0. The maximum absolute atomic E-state index is 14.0. The van der Waals surface area contributed by atoms with Gasteiger partial charge in [0.25, 0.3) is 0 Å². The van der Waals surface area contributed by atoms with Crippen molar-refractivity contribution in [2.45, 2.75) is 38.6 Å². The minimum Gasteiger partial charge on any atom is -0.322 e. The Labute approximate surface area is 172 Å². The number of hydrogen-bond donors (Lipinski definition) is 2. The Balaban J connectivity index is 1.65. The van der Waals surface area contributed by atoms with Crippen molar-refractivity contribution in [2.75, 3.05) is 17.2 Å². The van der Waals surface area contributed by atoms with Gasteiger partial charge in [-0.25, -0.2) is 9.18 Å². The zero-order valence-corrected chi connectivity index (χ0v) is 17.4. The van der Waals surface area contributed by atoms with Crippen LogP contribution in [0.2, 0.25) is 0 Å². The molecule has 1 saturated heterocycles. The normalized spacial score (nSPS) is 16.3. The van der Waals surface area contributed by atoms with Crippen molar-refractivity contribution in [1.82, 2.24) is 4.90 Å². The molecule has 0 bridgehead atoms. The molecule has 148 valence electrons. The van der Waals surface area contributed by atoms with E-state index in [9.17, 15) is 14.0 Å². The van der Waals surface area contributed by atoms with Gasteiger partial charge in [0.05, 0.1) is 5.69 Å².